The molecule has 0 spiro atoms. The molecule has 1 unspecified atom stereocenters. The summed E-state index contributed by atoms with van der Waals surface area (Å²) < 4.78 is 0. The maximum absolute atomic E-state index is 11.0. The average Bonchev–Trinajstić information content (AvgIpc) is 2.15. The van der Waals surface area contributed by atoms with Crippen LogP contribution in [0.5, 0.6) is 0 Å². The van der Waals surface area contributed by atoms with E-state index in [4.69, 9.17) is 16.6 Å². The van der Waals surface area contributed by atoms with E-state index in [0.29, 0.717) is 19.3 Å². The number of carbonyl (C=O) groups is 2. The summed E-state index contributed by atoms with van der Waals surface area (Å²) in [5.74, 6) is -1.10. The van der Waals surface area contributed by atoms with Crippen LogP contribution in [-0.2, 0) is 9.59 Å². The Morgan fingerprint density at radius 3 is 2.14 bits per heavy atom. The molecule has 0 saturated carbocycles. The van der Waals surface area contributed by atoms with E-state index < -0.39 is 18.1 Å². The number of nitrogens with two attached hydrogens (primary N) is 2. The minimum atomic E-state index is -1.02. The number of aliphatic carboxylic acids is 1. The molecule has 0 amide bonds. The summed E-state index contributed by atoms with van der Waals surface area (Å²) in [7, 11) is 0. The number of hydrogen-bond acceptors (Lipinski definition) is 4. The van der Waals surface area contributed by atoms with Crippen LogP contribution < -0.4 is 11.5 Å². The number of carboxylic acids is 1. The lowest BCUT2D eigenvalue weighted by molar-refractivity contribution is -0.138. The van der Waals surface area contributed by atoms with Crippen LogP contribution in [-0.4, -0.2) is 34.3 Å². The minimum Gasteiger partial charge on any atom is -0.480 e. The van der Waals surface area contributed by atoms with E-state index in [9.17, 15) is 9.59 Å². The Balaban J connectivity index is 3.64. The lowest BCUT2D eigenvalue weighted by Crippen LogP contribution is -2.33. The van der Waals surface area contributed by atoms with Gasteiger partial charge in [-0.1, -0.05) is 15.9 Å². The molecule has 5 nitrogen and oxygen atoms in total. The van der Waals surface area contributed by atoms with Crippen molar-refractivity contribution < 1.29 is 14.7 Å². The SMILES string of the molecule is NC(CCC[C@H](N)C(=O)O)C(=O)CBr. The summed E-state index contributed by atoms with van der Waals surface area (Å²) in [6, 6.07) is -1.38. The lowest BCUT2D eigenvalue weighted by atomic mass is 10.0. The van der Waals surface area contributed by atoms with Crippen molar-refractivity contribution in [3.05, 3.63) is 0 Å². The molecule has 0 aromatic carbocycles. The molecule has 0 aromatic heterocycles. The van der Waals surface area contributed by atoms with Gasteiger partial charge in [0.05, 0.1) is 11.4 Å². The number of ketones is 1. The standard InChI is InChI=1S/C8H15BrN2O3/c9-4-7(12)5(10)2-1-3-6(11)8(13)14/h5-6H,1-4,10-11H2,(H,13,14)/t5?,6-/m0/s1. The summed E-state index contributed by atoms with van der Waals surface area (Å²) in [6.45, 7) is 0. The summed E-state index contributed by atoms with van der Waals surface area (Å²) in [5.41, 5.74) is 10.8. The Hall–Kier alpha value is -0.460. The number of Topliss-reactive ketones (excluding diaryl/α,β-unsaturated/α-hetero) is 1. The molecule has 5 N–H and O–H groups in total. The zero-order valence-corrected chi connectivity index (χ0v) is 9.37. The fraction of sp³-hybridized carbons (Fsp3) is 0.750. The van der Waals surface area contributed by atoms with Crippen molar-refractivity contribution in [2.75, 3.05) is 5.33 Å². The van der Waals surface area contributed by atoms with Crippen molar-refractivity contribution in [2.24, 2.45) is 11.5 Å². The molecule has 0 radical (unpaired) electrons. The number of carboxylic acid groups (broad SMARTS) is 1. The van der Waals surface area contributed by atoms with E-state index in [-0.39, 0.29) is 11.1 Å². The van der Waals surface area contributed by atoms with Crippen LogP contribution in [0.2, 0.25) is 0 Å². The first-order chi connectivity index (χ1) is 6.49. The Morgan fingerprint density at radius 1 is 1.21 bits per heavy atom. The molecule has 0 heterocycles. The van der Waals surface area contributed by atoms with E-state index in [1.807, 2.05) is 0 Å². The third-order valence-corrected chi connectivity index (χ3v) is 2.45. The van der Waals surface area contributed by atoms with E-state index in [1.165, 1.54) is 0 Å². The third kappa shape index (κ3) is 5.31. The molecular formula is C8H15BrN2O3. The zero-order valence-electron chi connectivity index (χ0n) is 7.78. The van der Waals surface area contributed by atoms with E-state index in [1.54, 1.807) is 0 Å². The van der Waals surface area contributed by atoms with Gasteiger partial charge in [0.15, 0.2) is 5.78 Å². The minimum absolute atomic E-state index is 0.0751. The molecule has 0 saturated heterocycles. The quantitative estimate of drug-likeness (QED) is 0.556. The van der Waals surface area contributed by atoms with Crippen LogP contribution in [0.3, 0.4) is 0 Å². The fourth-order valence-electron chi connectivity index (χ4n) is 0.941. The first-order valence-corrected chi connectivity index (χ1v) is 5.43. The molecule has 6 heteroatoms. The number of rotatable bonds is 7. The van der Waals surface area contributed by atoms with Gasteiger partial charge in [-0.25, -0.2) is 0 Å². The smallest absolute Gasteiger partial charge is 0.320 e. The number of alkyl halides is 1. The van der Waals surface area contributed by atoms with Gasteiger partial charge in [-0.3, -0.25) is 9.59 Å². The van der Waals surface area contributed by atoms with Gasteiger partial charge in [0.25, 0.3) is 0 Å². The second-order valence-electron chi connectivity index (χ2n) is 3.08. The molecule has 0 fully saturated rings. The van der Waals surface area contributed by atoms with Crippen molar-refractivity contribution >= 4 is 27.7 Å². The first-order valence-electron chi connectivity index (χ1n) is 4.31. The van der Waals surface area contributed by atoms with Gasteiger partial charge in [-0.2, -0.15) is 0 Å². The molecule has 0 aromatic rings. The Kier molecular flexibility index (Phi) is 6.69. The van der Waals surface area contributed by atoms with Gasteiger partial charge in [-0.05, 0) is 19.3 Å². The molecule has 0 aliphatic rings. The highest BCUT2D eigenvalue weighted by Gasteiger charge is 2.14. The normalized spacial score (nSPS) is 14.8. The number of halogens is 1. The van der Waals surface area contributed by atoms with Crippen LogP contribution in [0.1, 0.15) is 19.3 Å². The van der Waals surface area contributed by atoms with Gasteiger partial charge < -0.3 is 16.6 Å². The lowest BCUT2D eigenvalue weighted by Gasteiger charge is -2.09. The van der Waals surface area contributed by atoms with Crippen molar-refractivity contribution in [1.82, 2.24) is 0 Å². The Morgan fingerprint density at radius 2 is 1.71 bits per heavy atom. The summed E-state index contributed by atoms with van der Waals surface area (Å²) >= 11 is 3.01. The van der Waals surface area contributed by atoms with Gasteiger partial charge in [-0.15, -0.1) is 0 Å². The van der Waals surface area contributed by atoms with Crippen molar-refractivity contribution in [3.8, 4) is 0 Å². The predicted molar refractivity (Wildman–Crippen MR) is 56.2 cm³/mol. The van der Waals surface area contributed by atoms with Crippen LogP contribution in [0.15, 0.2) is 0 Å². The number of hydrogen-bond donors (Lipinski definition) is 3. The predicted octanol–water partition coefficient (Wildman–Crippen LogP) is -0.140. The second-order valence-corrected chi connectivity index (χ2v) is 3.64. The van der Waals surface area contributed by atoms with Gasteiger partial charge >= 0.3 is 5.97 Å². The summed E-state index contributed by atoms with van der Waals surface area (Å²) in [6.07, 6.45) is 1.37. The van der Waals surface area contributed by atoms with E-state index in [2.05, 4.69) is 15.9 Å². The van der Waals surface area contributed by atoms with Gasteiger partial charge in [0, 0.05) is 0 Å². The highest BCUT2D eigenvalue weighted by Crippen LogP contribution is 2.03. The molecule has 2 atom stereocenters. The Bertz CT molecular complexity index is 211. The highest BCUT2D eigenvalue weighted by atomic mass is 79.9. The van der Waals surface area contributed by atoms with E-state index >= 15 is 0 Å². The van der Waals surface area contributed by atoms with Crippen molar-refractivity contribution in [2.45, 2.75) is 31.3 Å². The van der Waals surface area contributed by atoms with Crippen molar-refractivity contribution in [3.63, 3.8) is 0 Å². The largest absolute Gasteiger partial charge is 0.480 e. The van der Waals surface area contributed by atoms with Crippen LogP contribution >= 0.6 is 15.9 Å². The van der Waals surface area contributed by atoms with Crippen LogP contribution in [0.4, 0.5) is 0 Å². The number of carbonyl (C=O) groups excluding carboxylic acids is 1. The van der Waals surface area contributed by atoms with Crippen LogP contribution in [0, 0.1) is 0 Å². The molecule has 0 aliphatic carbocycles. The molecule has 14 heavy (non-hydrogen) atoms. The Labute approximate surface area is 91.0 Å². The second kappa shape index (κ2) is 6.92. The average molecular weight is 267 g/mol. The highest BCUT2D eigenvalue weighted by molar-refractivity contribution is 9.09. The van der Waals surface area contributed by atoms with Gasteiger partial charge in [0.1, 0.15) is 6.04 Å². The third-order valence-electron chi connectivity index (χ3n) is 1.89. The van der Waals surface area contributed by atoms with Gasteiger partial charge in [0.2, 0.25) is 0 Å². The molecular weight excluding hydrogens is 252 g/mol. The fourth-order valence-corrected chi connectivity index (χ4v) is 1.36. The van der Waals surface area contributed by atoms with E-state index in [0.717, 1.165) is 0 Å². The zero-order chi connectivity index (χ0) is 11.1. The maximum Gasteiger partial charge on any atom is 0.320 e. The molecule has 0 aliphatic heterocycles. The first kappa shape index (κ1) is 13.5. The van der Waals surface area contributed by atoms with Crippen molar-refractivity contribution in [1.29, 1.82) is 0 Å². The molecule has 0 rings (SSSR count). The molecule has 0 bridgehead atoms. The maximum atomic E-state index is 11.0. The molecule has 82 valence electrons. The monoisotopic (exact) mass is 266 g/mol. The topological polar surface area (TPSA) is 106 Å². The summed E-state index contributed by atoms with van der Waals surface area (Å²) in [4.78, 5) is 21.3. The summed E-state index contributed by atoms with van der Waals surface area (Å²) in [5, 5.41) is 8.71. The van der Waals surface area contributed by atoms with Crippen LogP contribution in [0.25, 0.3) is 0 Å².